The minimum atomic E-state index is 0.295. The number of hydrogen-bond donors (Lipinski definition) is 2. The second kappa shape index (κ2) is 18.6. The molecule has 1 aromatic heterocycles. The highest BCUT2D eigenvalue weighted by atomic mass is 16.5. The van der Waals surface area contributed by atoms with Crippen LogP contribution < -0.4 is 25.2 Å². The smallest absolute Gasteiger partial charge is 0.229 e. The molecule has 2 N–H and O–H groups in total. The Bertz CT molecular complexity index is 1810. The second-order valence-electron chi connectivity index (χ2n) is 12.7. The molecule has 4 aromatic rings. The van der Waals surface area contributed by atoms with Crippen molar-refractivity contribution in [3.63, 3.8) is 0 Å². The van der Waals surface area contributed by atoms with Crippen LogP contribution in [0, 0.1) is 0 Å². The van der Waals surface area contributed by atoms with Gasteiger partial charge >= 0.3 is 0 Å². The standard InChI is InChI=1S/C37H45N9O2.C3H4O/c1-38-28-11-8-12-30(23-28)44(3)36-33(40-34(26-47)27-9-6-5-7-10-27)25-39-37(42-36)41-32-14-13-31(24-35(32)48-4)45-17-15-29(16-18-45)46-21-19-43(2)20-22-46;1-2-3-4/h5-14,23-26,29,38H,15-22H2,1-4H3,(H,39,41,42);2-3H,1H2. The van der Waals surface area contributed by atoms with Crippen LogP contribution in [-0.4, -0.2) is 112 Å². The molecule has 2 aliphatic heterocycles. The van der Waals surface area contributed by atoms with Gasteiger partial charge in [-0.1, -0.05) is 43.0 Å². The predicted octanol–water partition coefficient (Wildman–Crippen LogP) is 5.95. The molecule has 0 radical (unpaired) electrons. The number of aromatic nitrogens is 2. The molecule has 0 bridgehead atoms. The summed E-state index contributed by atoms with van der Waals surface area (Å²) in [5.74, 6) is 1.63. The van der Waals surface area contributed by atoms with Gasteiger partial charge < -0.3 is 30.1 Å². The topological polar surface area (TPSA) is 119 Å². The maximum atomic E-state index is 12.1. The van der Waals surface area contributed by atoms with Crippen molar-refractivity contribution in [3.8, 4) is 5.75 Å². The Morgan fingerprint density at radius 1 is 0.981 bits per heavy atom. The molecule has 12 heteroatoms. The average Bonchev–Trinajstić information content (AvgIpc) is 3.21. The fraction of sp³-hybridized carbons (Fsp3) is 0.325. The van der Waals surface area contributed by atoms with E-state index < -0.39 is 0 Å². The third kappa shape index (κ3) is 9.59. The number of piperazine rings is 1. The molecule has 0 spiro atoms. The summed E-state index contributed by atoms with van der Waals surface area (Å²) < 4.78 is 5.85. The molecule has 0 unspecified atom stereocenters. The zero-order valence-corrected chi connectivity index (χ0v) is 30.5. The lowest BCUT2D eigenvalue weighted by Gasteiger charge is -2.42. The molecule has 0 saturated carbocycles. The fourth-order valence-electron chi connectivity index (χ4n) is 6.42. The third-order valence-electron chi connectivity index (χ3n) is 9.42. The molecule has 6 rings (SSSR count). The second-order valence-corrected chi connectivity index (χ2v) is 12.7. The summed E-state index contributed by atoms with van der Waals surface area (Å²) >= 11 is 0. The minimum Gasteiger partial charge on any atom is -0.494 e. The molecule has 2 aliphatic rings. The first-order valence-electron chi connectivity index (χ1n) is 17.5. The van der Waals surface area contributed by atoms with Gasteiger partial charge in [0.1, 0.15) is 23.4 Å². The van der Waals surface area contributed by atoms with E-state index in [1.165, 1.54) is 6.08 Å². The number of likely N-dealkylation sites (N-methyl/N-ethyl adjacent to an activating group) is 1. The molecule has 12 nitrogen and oxygen atoms in total. The maximum Gasteiger partial charge on any atom is 0.229 e. The van der Waals surface area contributed by atoms with Crippen LogP contribution in [0.5, 0.6) is 5.75 Å². The van der Waals surface area contributed by atoms with E-state index in [4.69, 9.17) is 19.5 Å². The fourth-order valence-corrected chi connectivity index (χ4v) is 6.42. The van der Waals surface area contributed by atoms with Gasteiger partial charge in [-0.25, -0.2) is 9.98 Å². The quantitative estimate of drug-likeness (QED) is 0.104. The van der Waals surface area contributed by atoms with Gasteiger partial charge in [0.05, 0.1) is 19.0 Å². The lowest BCUT2D eigenvalue weighted by Crippen LogP contribution is -2.52. The number of carbonyl (C=O) groups excluding carboxylic acids is 2. The van der Waals surface area contributed by atoms with Crippen LogP contribution in [-0.2, 0) is 9.59 Å². The number of aldehydes is 2. The number of benzene rings is 3. The Morgan fingerprint density at radius 2 is 1.71 bits per heavy atom. The van der Waals surface area contributed by atoms with Gasteiger partial charge in [-0.3, -0.25) is 14.5 Å². The van der Waals surface area contributed by atoms with Crippen molar-refractivity contribution < 1.29 is 14.3 Å². The number of carbonyl (C=O) groups is 2. The number of methoxy groups -OCH3 is 1. The average molecular weight is 704 g/mol. The molecular weight excluding hydrogens is 654 g/mol. The Balaban J connectivity index is 0.00000124. The molecule has 2 fully saturated rings. The maximum absolute atomic E-state index is 12.1. The van der Waals surface area contributed by atoms with Gasteiger partial charge in [-0.2, -0.15) is 4.98 Å². The van der Waals surface area contributed by atoms with Crippen LogP contribution in [0.4, 0.5) is 40.2 Å². The monoisotopic (exact) mass is 703 g/mol. The Hall–Kier alpha value is -5.59. The van der Waals surface area contributed by atoms with E-state index in [-0.39, 0.29) is 0 Å². The number of anilines is 6. The van der Waals surface area contributed by atoms with Crippen molar-refractivity contribution in [2.75, 3.05) is 88.0 Å². The number of ether oxygens (including phenoxy) is 1. The summed E-state index contributed by atoms with van der Waals surface area (Å²) in [6.07, 6.45) is 6.56. The highest BCUT2D eigenvalue weighted by Crippen LogP contribution is 2.36. The first-order valence-corrected chi connectivity index (χ1v) is 17.5. The van der Waals surface area contributed by atoms with Crippen molar-refractivity contribution in [1.29, 1.82) is 0 Å². The summed E-state index contributed by atoms with van der Waals surface area (Å²) in [6.45, 7) is 9.79. The van der Waals surface area contributed by atoms with Crippen LogP contribution in [0.3, 0.4) is 0 Å². The number of piperidine rings is 1. The van der Waals surface area contributed by atoms with Crippen LogP contribution in [0.15, 0.2) is 96.6 Å². The number of aliphatic imine (C=N–C) groups is 1. The Morgan fingerprint density at radius 3 is 2.37 bits per heavy atom. The highest BCUT2D eigenvalue weighted by Gasteiger charge is 2.27. The van der Waals surface area contributed by atoms with E-state index in [1.807, 2.05) is 79.7 Å². The Labute approximate surface area is 306 Å². The molecule has 52 heavy (non-hydrogen) atoms. The molecule has 0 amide bonds. The zero-order chi connectivity index (χ0) is 36.9. The highest BCUT2D eigenvalue weighted by molar-refractivity contribution is 6.37. The number of hydrogen-bond acceptors (Lipinski definition) is 12. The third-order valence-corrected chi connectivity index (χ3v) is 9.42. The lowest BCUT2D eigenvalue weighted by molar-refractivity contribution is -0.104. The van der Waals surface area contributed by atoms with E-state index >= 15 is 0 Å². The SMILES string of the molecule is C=CC=O.CNc1cccc(N(C)c2nc(Nc3ccc(N4CCC(N5CCN(C)CC5)CC4)cc3OC)ncc2N=C(C=O)c2ccccc2)c1. The van der Waals surface area contributed by atoms with Crippen molar-refractivity contribution >= 4 is 58.5 Å². The van der Waals surface area contributed by atoms with Gasteiger partial charge in [0, 0.05) is 88.1 Å². The van der Waals surface area contributed by atoms with E-state index in [1.54, 1.807) is 13.3 Å². The summed E-state index contributed by atoms with van der Waals surface area (Å²) in [7, 11) is 7.69. The molecule has 272 valence electrons. The zero-order valence-electron chi connectivity index (χ0n) is 30.5. The van der Waals surface area contributed by atoms with Gasteiger partial charge in [-0.05, 0) is 56.3 Å². The van der Waals surface area contributed by atoms with Gasteiger partial charge in [0.25, 0.3) is 0 Å². The normalized spacial score (nSPS) is 15.5. The summed E-state index contributed by atoms with van der Waals surface area (Å²) in [5.41, 5.74) is 5.24. The Kier molecular flexibility index (Phi) is 13.5. The van der Waals surface area contributed by atoms with Crippen molar-refractivity contribution in [2.24, 2.45) is 4.99 Å². The van der Waals surface area contributed by atoms with E-state index in [0.29, 0.717) is 46.8 Å². The summed E-state index contributed by atoms with van der Waals surface area (Å²) in [6, 6.07) is 24.3. The number of rotatable bonds is 12. The number of nitrogens with zero attached hydrogens (tertiary/aromatic N) is 7. The van der Waals surface area contributed by atoms with E-state index in [0.717, 1.165) is 81.1 Å². The molecular formula is C40H49N9O3. The van der Waals surface area contributed by atoms with Gasteiger partial charge in [0.2, 0.25) is 5.95 Å². The summed E-state index contributed by atoms with van der Waals surface area (Å²) in [5, 5.41) is 6.56. The van der Waals surface area contributed by atoms with Crippen LogP contribution in [0.2, 0.25) is 0 Å². The molecule has 0 aliphatic carbocycles. The molecule has 3 heterocycles. The van der Waals surface area contributed by atoms with Crippen LogP contribution in [0.1, 0.15) is 18.4 Å². The van der Waals surface area contributed by atoms with Crippen LogP contribution in [0.25, 0.3) is 0 Å². The number of nitrogens with one attached hydrogen (secondary N) is 2. The molecule has 2 saturated heterocycles. The van der Waals surface area contributed by atoms with Gasteiger partial charge in [0.15, 0.2) is 12.1 Å². The number of allylic oxidation sites excluding steroid dienone is 1. The minimum absolute atomic E-state index is 0.295. The first-order chi connectivity index (χ1) is 25.4. The summed E-state index contributed by atoms with van der Waals surface area (Å²) in [4.78, 5) is 44.9. The van der Waals surface area contributed by atoms with E-state index in [2.05, 4.69) is 56.1 Å². The van der Waals surface area contributed by atoms with Crippen molar-refractivity contribution in [1.82, 2.24) is 19.8 Å². The van der Waals surface area contributed by atoms with E-state index in [9.17, 15) is 4.79 Å². The lowest BCUT2D eigenvalue weighted by atomic mass is 10.0. The first kappa shape index (κ1) is 37.7. The van der Waals surface area contributed by atoms with Crippen molar-refractivity contribution in [3.05, 3.63) is 97.2 Å². The van der Waals surface area contributed by atoms with Crippen molar-refractivity contribution in [2.45, 2.75) is 18.9 Å². The van der Waals surface area contributed by atoms with Crippen LogP contribution >= 0.6 is 0 Å². The predicted molar refractivity (Wildman–Crippen MR) is 212 cm³/mol. The molecule has 0 atom stereocenters. The molecule has 3 aromatic carbocycles. The largest absolute Gasteiger partial charge is 0.494 e. The van der Waals surface area contributed by atoms with Gasteiger partial charge in [-0.15, -0.1) is 0 Å².